The van der Waals surface area contributed by atoms with Crippen molar-refractivity contribution in [3.05, 3.63) is 35.5 Å². The van der Waals surface area contributed by atoms with E-state index in [1.807, 2.05) is 0 Å². The molecule has 1 aromatic rings. The summed E-state index contributed by atoms with van der Waals surface area (Å²) in [6.07, 6.45) is 1.72. The van der Waals surface area contributed by atoms with Gasteiger partial charge in [0.2, 0.25) is 0 Å². The number of likely N-dealkylation sites (N-methyl/N-ethyl adjacent to an activating group) is 2. The molecule has 1 heterocycles. The number of ether oxygens (including phenoxy) is 1. The highest BCUT2D eigenvalue weighted by atomic mass is 32.1. The second kappa shape index (κ2) is 5.92. The second-order valence-electron chi connectivity index (χ2n) is 4.49. The number of carboxylic acids is 1. The Morgan fingerprint density at radius 3 is 2.38 bits per heavy atom. The minimum atomic E-state index is -1.03. The molecule has 2 rings (SSSR count). The lowest BCUT2D eigenvalue weighted by Crippen LogP contribution is -2.26. The van der Waals surface area contributed by atoms with Gasteiger partial charge >= 0.3 is 5.97 Å². The summed E-state index contributed by atoms with van der Waals surface area (Å²) in [6.45, 7) is -0.388. The lowest BCUT2D eigenvalue weighted by molar-refractivity contribution is -0.139. The average Bonchev–Trinajstić information content (AvgIpc) is 2.64. The van der Waals surface area contributed by atoms with E-state index in [0.717, 1.165) is 5.56 Å². The molecule has 0 spiro atoms. The van der Waals surface area contributed by atoms with Gasteiger partial charge in [0.15, 0.2) is 11.7 Å². The highest BCUT2D eigenvalue weighted by molar-refractivity contribution is 7.80. The number of benzene rings is 1. The van der Waals surface area contributed by atoms with E-state index in [1.165, 1.54) is 4.90 Å². The van der Waals surface area contributed by atoms with E-state index in [0.29, 0.717) is 16.6 Å². The predicted molar refractivity (Wildman–Crippen MR) is 80.7 cm³/mol. The summed E-state index contributed by atoms with van der Waals surface area (Å²) in [5, 5.41) is 8.98. The number of hydrogen-bond acceptors (Lipinski definition) is 4. The van der Waals surface area contributed by atoms with Crippen molar-refractivity contribution in [1.82, 2.24) is 9.80 Å². The van der Waals surface area contributed by atoms with Crippen LogP contribution in [0.25, 0.3) is 6.08 Å². The number of amides is 1. The van der Waals surface area contributed by atoms with E-state index in [2.05, 4.69) is 0 Å². The zero-order valence-electron chi connectivity index (χ0n) is 11.6. The molecule has 1 amide bonds. The van der Waals surface area contributed by atoms with Crippen LogP contribution in [0.3, 0.4) is 0 Å². The summed E-state index contributed by atoms with van der Waals surface area (Å²) in [7, 11) is 3.37. The van der Waals surface area contributed by atoms with Crippen LogP contribution in [0.2, 0.25) is 0 Å². The molecular formula is C14H14N2O4S. The zero-order valence-corrected chi connectivity index (χ0v) is 12.4. The van der Waals surface area contributed by atoms with Gasteiger partial charge in [-0.25, -0.2) is 4.79 Å². The first-order chi connectivity index (χ1) is 9.90. The van der Waals surface area contributed by atoms with Crippen LogP contribution in [0.1, 0.15) is 5.56 Å². The quantitative estimate of drug-likeness (QED) is 0.665. The summed E-state index contributed by atoms with van der Waals surface area (Å²) in [4.78, 5) is 25.5. The SMILES string of the molecule is CN1C(=O)/C(=C/c2ccc(OCC(=O)O)cc2)N(C)C1=S. The van der Waals surface area contributed by atoms with Crippen molar-refractivity contribution in [2.45, 2.75) is 0 Å². The van der Waals surface area contributed by atoms with Gasteiger partial charge < -0.3 is 14.7 Å². The summed E-state index contributed by atoms with van der Waals surface area (Å²) >= 11 is 5.13. The molecule has 1 aliphatic heterocycles. The van der Waals surface area contributed by atoms with Crippen LogP contribution in [0, 0.1) is 0 Å². The first kappa shape index (κ1) is 15.0. The fourth-order valence-corrected chi connectivity index (χ4v) is 2.03. The number of rotatable bonds is 4. The molecule has 110 valence electrons. The number of nitrogens with zero attached hydrogens (tertiary/aromatic N) is 2. The van der Waals surface area contributed by atoms with E-state index >= 15 is 0 Å². The highest BCUT2D eigenvalue weighted by Gasteiger charge is 2.32. The van der Waals surface area contributed by atoms with Crippen molar-refractivity contribution in [2.75, 3.05) is 20.7 Å². The lowest BCUT2D eigenvalue weighted by Gasteiger charge is -2.11. The molecule has 1 N–H and O–H groups in total. The van der Waals surface area contributed by atoms with Crippen LogP contribution in [0.5, 0.6) is 5.75 Å². The Kier molecular flexibility index (Phi) is 4.23. The third-order valence-electron chi connectivity index (χ3n) is 3.00. The Labute approximate surface area is 127 Å². The number of carbonyl (C=O) groups is 2. The third-order valence-corrected chi connectivity index (χ3v) is 3.55. The molecule has 1 fully saturated rings. The van der Waals surface area contributed by atoms with E-state index in [9.17, 15) is 9.59 Å². The molecule has 6 nitrogen and oxygen atoms in total. The van der Waals surface area contributed by atoms with Gasteiger partial charge in [-0.1, -0.05) is 12.1 Å². The van der Waals surface area contributed by atoms with Gasteiger partial charge in [0.05, 0.1) is 0 Å². The van der Waals surface area contributed by atoms with E-state index in [4.69, 9.17) is 22.1 Å². The molecule has 1 aliphatic rings. The van der Waals surface area contributed by atoms with Crippen LogP contribution in [0.15, 0.2) is 30.0 Å². The molecular weight excluding hydrogens is 292 g/mol. The number of hydrogen-bond donors (Lipinski definition) is 1. The van der Waals surface area contributed by atoms with Crippen molar-refractivity contribution < 1.29 is 19.4 Å². The van der Waals surface area contributed by atoms with Crippen LogP contribution in [0.4, 0.5) is 0 Å². The van der Waals surface area contributed by atoms with Crippen LogP contribution >= 0.6 is 12.2 Å². The summed E-state index contributed by atoms with van der Waals surface area (Å²) in [5.74, 6) is -0.733. The molecule has 1 saturated heterocycles. The van der Waals surface area contributed by atoms with Gasteiger partial charge in [-0.15, -0.1) is 0 Å². The topological polar surface area (TPSA) is 70.1 Å². The molecule has 0 aromatic heterocycles. The molecule has 0 bridgehead atoms. The predicted octanol–water partition coefficient (Wildman–Crippen LogP) is 1.18. The zero-order chi connectivity index (χ0) is 15.6. The standard InChI is InChI=1S/C14H14N2O4S/c1-15-11(13(19)16(2)14(15)21)7-9-3-5-10(6-4-9)20-8-12(17)18/h3-7H,8H2,1-2H3,(H,17,18)/b11-7-. The number of thiocarbonyl (C=S) groups is 1. The van der Waals surface area contributed by atoms with E-state index in [-0.39, 0.29) is 12.5 Å². The maximum atomic E-state index is 12.0. The first-order valence-corrected chi connectivity index (χ1v) is 6.53. The molecule has 0 atom stereocenters. The average molecular weight is 306 g/mol. The third kappa shape index (κ3) is 3.19. The Bertz CT molecular complexity index is 624. The van der Waals surface area contributed by atoms with Crippen molar-refractivity contribution >= 4 is 35.3 Å². The second-order valence-corrected chi connectivity index (χ2v) is 4.85. The highest BCUT2D eigenvalue weighted by Crippen LogP contribution is 2.21. The molecule has 0 radical (unpaired) electrons. The largest absolute Gasteiger partial charge is 0.482 e. The van der Waals surface area contributed by atoms with Crippen molar-refractivity contribution in [3.8, 4) is 5.75 Å². The Hall–Kier alpha value is -2.41. The summed E-state index contributed by atoms with van der Waals surface area (Å²) in [5.41, 5.74) is 1.28. The number of aliphatic carboxylic acids is 1. The molecule has 1 aromatic carbocycles. The molecule has 21 heavy (non-hydrogen) atoms. The van der Waals surface area contributed by atoms with Crippen molar-refractivity contribution in [1.29, 1.82) is 0 Å². The van der Waals surface area contributed by atoms with E-state index < -0.39 is 5.97 Å². The van der Waals surface area contributed by atoms with Crippen molar-refractivity contribution in [3.63, 3.8) is 0 Å². The molecule has 0 unspecified atom stereocenters. The Balaban J connectivity index is 2.16. The van der Waals surface area contributed by atoms with Crippen molar-refractivity contribution in [2.24, 2.45) is 0 Å². The van der Waals surface area contributed by atoms with Gasteiger partial charge in [0.25, 0.3) is 5.91 Å². The van der Waals surface area contributed by atoms with Crippen LogP contribution in [-0.4, -0.2) is 52.6 Å². The maximum absolute atomic E-state index is 12.0. The van der Waals surface area contributed by atoms with E-state index in [1.54, 1.807) is 49.3 Å². The molecule has 0 saturated carbocycles. The van der Waals surface area contributed by atoms with Crippen LogP contribution in [-0.2, 0) is 9.59 Å². The van der Waals surface area contributed by atoms with Gasteiger partial charge in [0, 0.05) is 14.1 Å². The monoisotopic (exact) mass is 306 g/mol. The number of carboxylic acid groups (broad SMARTS) is 1. The minimum Gasteiger partial charge on any atom is -0.482 e. The smallest absolute Gasteiger partial charge is 0.341 e. The molecule has 0 aliphatic carbocycles. The fraction of sp³-hybridized carbons (Fsp3) is 0.214. The Morgan fingerprint density at radius 1 is 1.29 bits per heavy atom. The van der Waals surface area contributed by atoms with Gasteiger partial charge in [-0.05, 0) is 36.0 Å². The summed E-state index contributed by atoms with van der Waals surface area (Å²) in [6, 6.07) is 6.78. The van der Waals surface area contributed by atoms with Gasteiger partial charge in [-0.2, -0.15) is 0 Å². The maximum Gasteiger partial charge on any atom is 0.341 e. The minimum absolute atomic E-state index is 0.159. The van der Waals surface area contributed by atoms with Gasteiger partial charge in [0.1, 0.15) is 11.4 Å². The fourth-order valence-electron chi connectivity index (χ4n) is 1.85. The normalized spacial score (nSPS) is 16.8. The number of carbonyl (C=O) groups excluding carboxylic acids is 1. The Morgan fingerprint density at radius 2 is 1.90 bits per heavy atom. The van der Waals surface area contributed by atoms with Gasteiger partial charge in [-0.3, -0.25) is 9.69 Å². The first-order valence-electron chi connectivity index (χ1n) is 6.12. The van der Waals surface area contributed by atoms with Crippen LogP contribution < -0.4 is 4.74 Å². The molecule has 7 heteroatoms. The summed E-state index contributed by atoms with van der Waals surface area (Å²) < 4.78 is 5.04. The lowest BCUT2D eigenvalue weighted by atomic mass is 10.2.